The Balaban J connectivity index is 1.39. The number of fused-ring (bicyclic) bond motifs is 2. The Kier molecular flexibility index (Phi) is 4.49. The second-order valence-electron chi connectivity index (χ2n) is 8.15. The number of hydrogen-bond acceptors (Lipinski definition) is 3. The number of carbonyl (C=O) groups excluding carboxylic acids is 1. The van der Waals surface area contributed by atoms with E-state index in [2.05, 4.69) is 17.5 Å². The lowest BCUT2D eigenvalue weighted by Crippen LogP contribution is -2.42. The van der Waals surface area contributed by atoms with Crippen LogP contribution in [0.1, 0.15) is 46.5 Å². The molecule has 2 fully saturated rings. The average molecular weight is 306 g/mol. The first-order valence-corrected chi connectivity index (χ1v) is 8.81. The van der Waals surface area contributed by atoms with Crippen LogP contribution in [0.4, 0.5) is 4.79 Å². The molecule has 0 aromatic carbocycles. The van der Waals surface area contributed by atoms with E-state index in [1.807, 2.05) is 25.7 Å². The van der Waals surface area contributed by atoms with Crippen molar-refractivity contribution in [3.63, 3.8) is 0 Å². The van der Waals surface area contributed by atoms with E-state index in [9.17, 15) is 4.79 Å². The molecule has 3 rings (SSSR count). The van der Waals surface area contributed by atoms with E-state index in [1.54, 1.807) is 0 Å². The predicted octanol–water partition coefficient (Wildman–Crippen LogP) is 3.19. The summed E-state index contributed by atoms with van der Waals surface area (Å²) < 4.78 is 5.52. The molecule has 4 nitrogen and oxygen atoms in total. The maximum Gasteiger partial charge on any atom is 0.410 e. The lowest BCUT2D eigenvalue weighted by Gasteiger charge is -2.28. The molecule has 0 aromatic rings. The molecule has 3 aliphatic rings. The van der Waals surface area contributed by atoms with Gasteiger partial charge in [-0.3, -0.25) is 0 Å². The first-order valence-electron chi connectivity index (χ1n) is 8.81. The zero-order valence-corrected chi connectivity index (χ0v) is 14.2. The fourth-order valence-electron chi connectivity index (χ4n) is 3.75. The highest BCUT2D eigenvalue weighted by molar-refractivity contribution is 5.69. The van der Waals surface area contributed by atoms with Crippen LogP contribution >= 0.6 is 0 Å². The molecule has 0 heterocycles. The van der Waals surface area contributed by atoms with E-state index >= 15 is 0 Å². The predicted molar refractivity (Wildman–Crippen MR) is 87.7 cm³/mol. The van der Waals surface area contributed by atoms with E-state index in [4.69, 9.17) is 4.74 Å². The summed E-state index contributed by atoms with van der Waals surface area (Å²) >= 11 is 0. The van der Waals surface area contributed by atoms with Gasteiger partial charge in [-0.1, -0.05) is 12.2 Å². The van der Waals surface area contributed by atoms with Crippen LogP contribution < -0.4 is 5.32 Å². The van der Waals surface area contributed by atoms with Crippen molar-refractivity contribution in [3.05, 3.63) is 12.2 Å². The van der Waals surface area contributed by atoms with Crippen molar-refractivity contribution in [2.24, 2.45) is 17.8 Å². The third-order valence-electron chi connectivity index (χ3n) is 4.97. The van der Waals surface area contributed by atoms with Gasteiger partial charge in [-0.2, -0.15) is 0 Å². The van der Waals surface area contributed by atoms with Crippen molar-refractivity contribution < 1.29 is 9.53 Å². The minimum Gasteiger partial charge on any atom is -0.444 e. The second kappa shape index (κ2) is 6.23. The van der Waals surface area contributed by atoms with E-state index in [-0.39, 0.29) is 6.09 Å². The number of carbonyl (C=O) groups is 1. The summed E-state index contributed by atoms with van der Waals surface area (Å²) in [4.78, 5) is 14.2. The third-order valence-corrected chi connectivity index (χ3v) is 4.97. The molecule has 0 aliphatic heterocycles. The van der Waals surface area contributed by atoms with E-state index in [1.165, 1.54) is 12.8 Å². The van der Waals surface area contributed by atoms with Crippen LogP contribution in [0.2, 0.25) is 0 Å². The van der Waals surface area contributed by atoms with Crippen LogP contribution in [0.25, 0.3) is 0 Å². The molecule has 2 saturated carbocycles. The van der Waals surface area contributed by atoms with Gasteiger partial charge in [-0.05, 0) is 70.8 Å². The van der Waals surface area contributed by atoms with Crippen molar-refractivity contribution in [2.45, 2.75) is 58.1 Å². The van der Waals surface area contributed by atoms with Gasteiger partial charge in [0.25, 0.3) is 0 Å². The van der Waals surface area contributed by atoms with Gasteiger partial charge in [0.15, 0.2) is 0 Å². The molecular formula is C18H30N2O2. The Morgan fingerprint density at radius 2 is 2.05 bits per heavy atom. The fraction of sp³-hybridized carbons (Fsp3) is 0.833. The van der Waals surface area contributed by atoms with Gasteiger partial charge in [0.1, 0.15) is 5.60 Å². The highest BCUT2D eigenvalue weighted by Crippen LogP contribution is 2.42. The van der Waals surface area contributed by atoms with Crippen LogP contribution in [0.5, 0.6) is 0 Å². The van der Waals surface area contributed by atoms with Gasteiger partial charge in [0.2, 0.25) is 0 Å². The van der Waals surface area contributed by atoms with E-state index in [0.29, 0.717) is 6.04 Å². The Morgan fingerprint density at radius 3 is 2.59 bits per heavy atom. The molecule has 3 atom stereocenters. The molecule has 0 saturated heterocycles. The lowest BCUT2D eigenvalue weighted by molar-refractivity contribution is 0.0235. The monoisotopic (exact) mass is 306 g/mol. The molecule has 0 radical (unpaired) electrons. The van der Waals surface area contributed by atoms with Crippen molar-refractivity contribution in [1.82, 2.24) is 10.2 Å². The zero-order chi connectivity index (χ0) is 15.7. The Labute approximate surface area is 134 Å². The van der Waals surface area contributed by atoms with Crippen molar-refractivity contribution >= 4 is 6.09 Å². The maximum atomic E-state index is 12.3. The number of hydrogen-bond donors (Lipinski definition) is 1. The normalized spacial score (nSPS) is 29.9. The standard InChI is InChI=1S/C18H30N2O2/c1-18(2,3)22-17(21)20(16-6-7-16)9-8-19-12-15-11-13-4-5-14(15)10-13/h4-5,13-16,19H,6-12H2,1-3H3. The smallest absolute Gasteiger partial charge is 0.410 e. The molecule has 1 amide bonds. The Morgan fingerprint density at radius 1 is 1.27 bits per heavy atom. The molecule has 4 heteroatoms. The average Bonchev–Trinajstić information content (AvgIpc) is 3.03. The first-order chi connectivity index (χ1) is 10.4. The lowest BCUT2D eigenvalue weighted by atomic mass is 9.94. The molecule has 1 N–H and O–H groups in total. The molecule has 3 aliphatic carbocycles. The van der Waals surface area contributed by atoms with Crippen LogP contribution in [0.3, 0.4) is 0 Å². The minimum atomic E-state index is -0.410. The van der Waals surface area contributed by atoms with Crippen molar-refractivity contribution in [3.8, 4) is 0 Å². The number of ether oxygens (including phenoxy) is 1. The summed E-state index contributed by atoms with van der Waals surface area (Å²) in [5.74, 6) is 2.43. The Bertz CT molecular complexity index is 437. The first kappa shape index (κ1) is 15.9. The number of nitrogens with one attached hydrogen (secondary N) is 1. The summed E-state index contributed by atoms with van der Waals surface area (Å²) in [7, 11) is 0. The molecular weight excluding hydrogens is 276 g/mol. The van der Waals surface area contributed by atoms with Gasteiger partial charge in [0.05, 0.1) is 0 Å². The van der Waals surface area contributed by atoms with Gasteiger partial charge >= 0.3 is 6.09 Å². The summed E-state index contributed by atoms with van der Waals surface area (Å²) in [6.07, 6.45) is 9.58. The maximum absolute atomic E-state index is 12.3. The summed E-state index contributed by atoms with van der Waals surface area (Å²) in [6, 6.07) is 0.405. The topological polar surface area (TPSA) is 41.6 Å². The molecule has 0 aromatic heterocycles. The largest absolute Gasteiger partial charge is 0.444 e. The number of allylic oxidation sites excluding steroid dienone is 2. The van der Waals surface area contributed by atoms with Crippen molar-refractivity contribution in [1.29, 1.82) is 0 Å². The number of amides is 1. The number of nitrogens with zero attached hydrogens (tertiary/aromatic N) is 1. The zero-order valence-electron chi connectivity index (χ0n) is 14.2. The minimum absolute atomic E-state index is 0.153. The summed E-state index contributed by atoms with van der Waals surface area (Å²) in [6.45, 7) is 8.49. The highest BCUT2D eigenvalue weighted by Gasteiger charge is 2.36. The van der Waals surface area contributed by atoms with Crippen molar-refractivity contribution in [2.75, 3.05) is 19.6 Å². The van der Waals surface area contributed by atoms with Crippen LogP contribution in [0.15, 0.2) is 12.2 Å². The molecule has 3 unspecified atom stereocenters. The Hall–Kier alpha value is -1.03. The van der Waals surface area contributed by atoms with Gasteiger partial charge in [-0.25, -0.2) is 4.79 Å². The quantitative estimate of drug-likeness (QED) is 0.605. The molecule has 2 bridgehead atoms. The van der Waals surface area contributed by atoms with E-state index < -0.39 is 5.60 Å². The summed E-state index contributed by atoms with van der Waals surface area (Å²) in [5.41, 5.74) is -0.410. The summed E-state index contributed by atoms with van der Waals surface area (Å²) in [5, 5.41) is 3.56. The van der Waals surface area contributed by atoms with Gasteiger partial charge in [-0.15, -0.1) is 0 Å². The highest BCUT2D eigenvalue weighted by atomic mass is 16.6. The van der Waals surface area contributed by atoms with Gasteiger partial charge < -0.3 is 15.0 Å². The number of rotatable bonds is 6. The second-order valence-corrected chi connectivity index (χ2v) is 8.15. The molecule has 22 heavy (non-hydrogen) atoms. The SMILES string of the molecule is CC(C)(C)OC(=O)N(CCNCC1CC2C=CC1C2)C1CC1. The molecule has 124 valence electrons. The fourth-order valence-corrected chi connectivity index (χ4v) is 3.75. The van der Waals surface area contributed by atoms with E-state index in [0.717, 1.165) is 50.2 Å². The van der Waals surface area contributed by atoms with Crippen LogP contribution in [0, 0.1) is 17.8 Å². The van der Waals surface area contributed by atoms with Gasteiger partial charge in [0, 0.05) is 19.1 Å². The van der Waals surface area contributed by atoms with Crippen LogP contribution in [-0.2, 0) is 4.74 Å². The molecule has 0 spiro atoms. The van der Waals surface area contributed by atoms with Crippen LogP contribution in [-0.4, -0.2) is 42.3 Å². The third kappa shape index (κ3) is 4.03.